The van der Waals surface area contributed by atoms with Gasteiger partial charge in [0, 0.05) is 99.2 Å². The Morgan fingerprint density at radius 2 is 1.50 bits per heavy atom. The van der Waals surface area contributed by atoms with Gasteiger partial charge in [0.05, 0.1) is 13.7 Å². The summed E-state index contributed by atoms with van der Waals surface area (Å²) in [5.74, 6) is 1.90. The van der Waals surface area contributed by atoms with Crippen LogP contribution in [0, 0.1) is 5.92 Å². The second kappa shape index (κ2) is 15.2. The van der Waals surface area contributed by atoms with E-state index in [4.69, 9.17) is 9.47 Å². The summed E-state index contributed by atoms with van der Waals surface area (Å²) >= 11 is 0. The van der Waals surface area contributed by atoms with E-state index in [0.29, 0.717) is 31.1 Å². The number of carbonyl (C=O) groups excluding carboxylic acids is 3. The largest absolute Gasteiger partial charge is 0.508 e. The summed E-state index contributed by atoms with van der Waals surface area (Å²) in [7, 11) is 1.68. The lowest BCUT2D eigenvalue weighted by Gasteiger charge is -2.40. The number of piperazine rings is 1. The van der Waals surface area contributed by atoms with Gasteiger partial charge in [-0.1, -0.05) is 30.3 Å². The van der Waals surface area contributed by atoms with Crippen LogP contribution in [-0.4, -0.2) is 98.2 Å². The molecule has 0 spiro atoms. The van der Waals surface area contributed by atoms with Crippen molar-refractivity contribution in [2.45, 2.75) is 50.1 Å². The molecule has 11 heteroatoms. The average Bonchev–Trinajstić information content (AvgIpc) is 3.55. The van der Waals surface area contributed by atoms with Gasteiger partial charge in [0.15, 0.2) is 0 Å². The van der Waals surface area contributed by atoms with E-state index in [1.807, 2.05) is 30.3 Å². The fraction of sp³-hybridized carbons (Fsp3) is 0.400. The zero-order valence-corrected chi connectivity index (χ0v) is 31.9. The molecule has 0 radical (unpaired) electrons. The average molecular weight is 756 g/mol. The Kier molecular flexibility index (Phi) is 9.79. The zero-order valence-electron chi connectivity index (χ0n) is 31.9. The van der Waals surface area contributed by atoms with Crippen LogP contribution in [0.4, 0.5) is 11.4 Å². The molecule has 290 valence electrons. The number of methoxy groups -OCH3 is 1. The number of carbonyl (C=O) groups is 3. The van der Waals surface area contributed by atoms with Crippen LogP contribution in [0.15, 0.2) is 84.9 Å². The number of hydrogen-bond donors (Lipinski definition) is 2. The maximum atomic E-state index is 13.2. The molecular formula is C45H49N5O6. The maximum Gasteiger partial charge on any atom is 0.255 e. The number of phenols is 1. The van der Waals surface area contributed by atoms with Gasteiger partial charge in [0.1, 0.15) is 23.3 Å². The molecule has 4 aromatic rings. The predicted molar refractivity (Wildman–Crippen MR) is 214 cm³/mol. The van der Waals surface area contributed by atoms with E-state index in [9.17, 15) is 19.5 Å². The number of anilines is 2. The molecule has 2 N–H and O–H groups in total. The van der Waals surface area contributed by atoms with Crippen molar-refractivity contribution in [1.29, 1.82) is 0 Å². The highest BCUT2D eigenvalue weighted by atomic mass is 16.5. The number of amides is 3. The van der Waals surface area contributed by atoms with Gasteiger partial charge in [-0.25, -0.2) is 0 Å². The predicted octanol–water partition coefficient (Wildman–Crippen LogP) is 5.51. The highest BCUT2D eigenvalue weighted by Crippen LogP contribution is 2.47. The number of piperidine rings is 2. The van der Waals surface area contributed by atoms with Crippen molar-refractivity contribution >= 4 is 29.1 Å². The lowest BCUT2D eigenvalue weighted by atomic mass is 9.76. The molecule has 3 amide bonds. The summed E-state index contributed by atoms with van der Waals surface area (Å²) in [5, 5.41) is 12.6. The molecule has 5 aliphatic heterocycles. The number of ether oxygens (including phenoxy) is 2. The SMILES string of the molecule is COc1ccc(C2COc3cc(O)ccc3C2c2ccc(N3CCC(CN4CCN(c5ccc6c(c5)CN([C@H]5CCC(=O)NC5=O)C6=O)CC4)CC3)cc2)cc1. The zero-order chi connectivity index (χ0) is 38.3. The first-order chi connectivity index (χ1) is 27.3. The number of nitrogens with zero attached hydrogens (tertiary/aromatic N) is 4. The van der Waals surface area contributed by atoms with Crippen molar-refractivity contribution in [1.82, 2.24) is 15.1 Å². The van der Waals surface area contributed by atoms with Gasteiger partial charge in [-0.3, -0.25) is 24.6 Å². The summed E-state index contributed by atoms with van der Waals surface area (Å²) < 4.78 is 11.6. The van der Waals surface area contributed by atoms with Gasteiger partial charge in [-0.05, 0) is 90.4 Å². The highest BCUT2D eigenvalue weighted by molar-refractivity contribution is 6.05. The number of fused-ring (bicyclic) bond motifs is 2. The van der Waals surface area contributed by atoms with Crippen LogP contribution in [0.2, 0.25) is 0 Å². The maximum absolute atomic E-state index is 13.2. The van der Waals surface area contributed by atoms with Crippen molar-refractivity contribution in [3.8, 4) is 17.2 Å². The molecule has 3 saturated heterocycles. The third kappa shape index (κ3) is 7.04. The van der Waals surface area contributed by atoms with Crippen LogP contribution in [0.25, 0.3) is 0 Å². The topological polar surface area (TPSA) is 115 Å². The van der Waals surface area contributed by atoms with E-state index in [0.717, 1.165) is 74.1 Å². The third-order valence-electron chi connectivity index (χ3n) is 12.7. The standard InChI is InChI=1S/C45H49N5O6/c1-55-36-10-4-30(5-11-36)39-28-56-41-25-35(51)9-13-38(41)43(39)31-2-6-33(7-3-31)48-18-16-29(17-19-48)26-47-20-22-49(23-21-47)34-8-12-37-32(24-34)27-50(45(37)54)40-14-15-42(52)46-44(40)53/h2-13,24-25,29,39-40,43,51H,14-23,26-28H2,1H3,(H,46,52,53)/t39?,40-,43?/m0/s1. The van der Waals surface area contributed by atoms with Gasteiger partial charge in [-0.2, -0.15) is 0 Å². The molecule has 4 aromatic carbocycles. The number of nitrogens with one attached hydrogen (secondary N) is 1. The van der Waals surface area contributed by atoms with Crippen LogP contribution in [0.5, 0.6) is 17.2 Å². The Bertz CT molecular complexity index is 2110. The Balaban J connectivity index is 0.785. The number of phenolic OH excluding ortho intramolecular Hbond substituents is 1. The molecule has 11 nitrogen and oxygen atoms in total. The molecule has 0 aliphatic carbocycles. The molecule has 5 heterocycles. The minimum absolute atomic E-state index is 0.0928. The van der Waals surface area contributed by atoms with Crippen molar-refractivity contribution in [3.05, 3.63) is 113 Å². The van der Waals surface area contributed by atoms with Gasteiger partial charge in [0.25, 0.3) is 5.91 Å². The highest BCUT2D eigenvalue weighted by Gasteiger charge is 2.39. The van der Waals surface area contributed by atoms with Gasteiger partial charge in [0.2, 0.25) is 11.8 Å². The second-order valence-corrected chi connectivity index (χ2v) is 15.9. The van der Waals surface area contributed by atoms with Crippen molar-refractivity contribution in [3.63, 3.8) is 0 Å². The van der Waals surface area contributed by atoms with E-state index >= 15 is 0 Å². The van der Waals surface area contributed by atoms with Crippen molar-refractivity contribution < 1.29 is 29.0 Å². The summed E-state index contributed by atoms with van der Waals surface area (Å²) in [4.78, 5) is 46.4. The fourth-order valence-electron chi connectivity index (χ4n) is 9.53. The summed E-state index contributed by atoms with van der Waals surface area (Å²) in [6.07, 6.45) is 2.97. The first-order valence-corrected chi connectivity index (χ1v) is 20.0. The molecule has 0 saturated carbocycles. The minimum atomic E-state index is -0.593. The van der Waals surface area contributed by atoms with Crippen LogP contribution >= 0.6 is 0 Å². The summed E-state index contributed by atoms with van der Waals surface area (Å²) in [6.45, 7) is 8.02. The van der Waals surface area contributed by atoms with Gasteiger partial charge < -0.3 is 29.3 Å². The van der Waals surface area contributed by atoms with Crippen LogP contribution in [0.3, 0.4) is 0 Å². The van der Waals surface area contributed by atoms with E-state index in [1.54, 1.807) is 24.1 Å². The minimum Gasteiger partial charge on any atom is -0.508 e. The lowest BCUT2D eigenvalue weighted by Crippen LogP contribution is -2.52. The van der Waals surface area contributed by atoms with Gasteiger partial charge >= 0.3 is 0 Å². The van der Waals surface area contributed by atoms with Crippen LogP contribution < -0.4 is 24.6 Å². The molecule has 9 rings (SSSR count). The van der Waals surface area contributed by atoms with Crippen LogP contribution in [-0.2, 0) is 16.1 Å². The Morgan fingerprint density at radius 1 is 0.786 bits per heavy atom. The fourth-order valence-corrected chi connectivity index (χ4v) is 9.53. The van der Waals surface area contributed by atoms with E-state index < -0.39 is 6.04 Å². The van der Waals surface area contributed by atoms with Crippen molar-refractivity contribution in [2.75, 3.05) is 69.3 Å². The summed E-state index contributed by atoms with van der Waals surface area (Å²) in [6, 6.07) is 28.3. The molecule has 0 bridgehead atoms. The second-order valence-electron chi connectivity index (χ2n) is 15.9. The number of rotatable bonds is 8. The number of aromatic hydroxyl groups is 1. The normalized spacial score (nSPS) is 23.1. The molecule has 0 aromatic heterocycles. The van der Waals surface area contributed by atoms with Crippen LogP contribution in [0.1, 0.15) is 70.1 Å². The van der Waals surface area contributed by atoms with Gasteiger partial charge in [-0.15, -0.1) is 0 Å². The van der Waals surface area contributed by atoms with E-state index in [-0.39, 0.29) is 41.7 Å². The van der Waals surface area contributed by atoms with E-state index in [2.05, 4.69) is 62.5 Å². The number of benzene rings is 4. The molecule has 56 heavy (non-hydrogen) atoms. The first-order valence-electron chi connectivity index (χ1n) is 20.0. The third-order valence-corrected chi connectivity index (χ3v) is 12.7. The quantitative estimate of drug-likeness (QED) is 0.225. The lowest BCUT2D eigenvalue weighted by molar-refractivity contribution is -0.136. The summed E-state index contributed by atoms with van der Waals surface area (Å²) in [5.41, 5.74) is 7.52. The Morgan fingerprint density at radius 3 is 2.23 bits per heavy atom. The monoisotopic (exact) mass is 755 g/mol. The van der Waals surface area contributed by atoms with Crippen molar-refractivity contribution in [2.24, 2.45) is 5.92 Å². The molecule has 3 atom stereocenters. The Labute approximate surface area is 327 Å². The molecule has 3 fully saturated rings. The molecular weight excluding hydrogens is 707 g/mol. The first kappa shape index (κ1) is 36.1. The Hall–Kier alpha value is -5.55. The molecule has 5 aliphatic rings. The number of imide groups is 1. The van der Waals surface area contributed by atoms with E-state index in [1.165, 1.54) is 29.7 Å². The molecule has 2 unspecified atom stereocenters. The number of hydrogen-bond acceptors (Lipinski definition) is 9. The smallest absolute Gasteiger partial charge is 0.255 e.